The predicted octanol–water partition coefficient (Wildman–Crippen LogP) is 2.10. The first-order valence-electron chi connectivity index (χ1n) is 5.61. The molecule has 0 fully saturated rings. The Bertz CT molecular complexity index is 624. The van der Waals surface area contributed by atoms with Crippen LogP contribution < -0.4 is 16.2 Å². The summed E-state index contributed by atoms with van der Waals surface area (Å²) in [6.07, 6.45) is 0. The molecule has 0 bridgehead atoms. The maximum absolute atomic E-state index is 11.6. The molecule has 0 unspecified atom stereocenters. The van der Waals surface area contributed by atoms with Crippen LogP contribution in [0.4, 0.5) is 10.5 Å². The summed E-state index contributed by atoms with van der Waals surface area (Å²) in [4.78, 5) is 23.1. The van der Waals surface area contributed by atoms with Crippen molar-refractivity contribution in [3.63, 3.8) is 0 Å². The van der Waals surface area contributed by atoms with Crippen molar-refractivity contribution < 1.29 is 14.1 Å². The van der Waals surface area contributed by atoms with Gasteiger partial charge in [0.2, 0.25) is 0 Å². The zero-order chi connectivity index (χ0) is 14.5. The molecule has 1 aromatic carbocycles. The summed E-state index contributed by atoms with van der Waals surface area (Å²) in [5.41, 5.74) is 5.00. The zero-order valence-corrected chi connectivity index (χ0v) is 11.2. The number of hydrogen-bond acceptors (Lipinski definition) is 4. The van der Waals surface area contributed by atoms with Gasteiger partial charge in [-0.05, 0) is 31.2 Å². The van der Waals surface area contributed by atoms with Crippen molar-refractivity contribution >= 4 is 29.2 Å². The van der Waals surface area contributed by atoms with E-state index >= 15 is 0 Å². The molecule has 0 spiro atoms. The van der Waals surface area contributed by atoms with Crippen molar-refractivity contribution in [3.05, 3.63) is 46.8 Å². The van der Waals surface area contributed by atoms with Gasteiger partial charge < -0.3 is 9.84 Å². The molecule has 7 nitrogen and oxygen atoms in total. The van der Waals surface area contributed by atoms with E-state index in [2.05, 4.69) is 21.3 Å². The number of aromatic nitrogens is 1. The highest BCUT2D eigenvalue weighted by Crippen LogP contribution is 2.12. The summed E-state index contributed by atoms with van der Waals surface area (Å²) in [5, 5.41) is 6.59. The average molecular weight is 295 g/mol. The number of rotatable bonds is 2. The molecule has 0 aliphatic carbocycles. The van der Waals surface area contributed by atoms with Crippen molar-refractivity contribution in [1.29, 1.82) is 0 Å². The highest BCUT2D eigenvalue weighted by atomic mass is 35.5. The number of nitrogens with one attached hydrogen (secondary N) is 3. The molecule has 104 valence electrons. The number of halogens is 1. The van der Waals surface area contributed by atoms with E-state index in [1.165, 1.54) is 6.07 Å². The molecule has 0 saturated heterocycles. The minimum absolute atomic E-state index is 0.0780. The van der Waals surface area contributed by atoms with E-state index in [1.54, 1.807) is 31.2 Å². The van der Waals surface area contributed by atoms with Gasteiger partial charge in [-0.1, -0.05) is 16.8 Å². The molecule has 2 aromatic rings. The van der Waals surface area contributed by atoms with Gasteiger partial charge in [0, 0.05) is 16.8 Å². The number of carbonyl (C=O) groups is 2. The maximum Gasteiger partial charge on any atom is 0.337 e. The Morgan fingerprint density at radius 2 is 1.90 bits per heavy atom. The number of hydrogen-bond donors (Lipinski definition) is 3. The highest BCUT2D eigenvalue weighted by Gasteiger charge is 2.11. The van der Waals surface area contributed by atoms with Gasteiger partial charge in [0.05, 0.1) is 0 Å². The van der Waals surface area contributed by atoms with Crippen LogP contribution in [0.25, 0.3) is 0 Å². The average Bonchev–Trinajstić information content (AvgIpc) is 2.85. The maximum atomic E-state index is 11.6. The van der Waals surface area contributed by atoms with E-state index in [-0.39, 0.29) is 5.69 Å². The number of urea groups is 1. The third-order valence-electron chi connectivity index (χ3n) is 2.25. The Balaban J connectivity index is 1.83. The largest absolute Gasteiger partial charge is 0.361 e. The molecule has 0 aliphatic rings. The quantitative estimate of drug-likeness (QED) is 0.739. The molecule has 0 atom stereocenters. The first-order valence-corrected chi connectivity index (χ1v) is 5.98. The minimum Gasteiger partial charge on any atom is -0.361 e. The molecule has 1 heterocycles. The van der Waals surface area contributed by atoms with E-state index in [9.17, 15) is 9.59 Å². The molecule has 0 aliphatic heterocycles. The number of carbonyl (C=O) groups excluding carboxylic acids is 2. The fourth-order valence-electron chi connectivity index (χ4n) is 1.35. The number of hydrazine groups is 1. The van der Waals surface area contributed by atoms with Crippen LogP contribution in [0.2, 0.25) is 5.02 Å². The van der Waals surface area contributed by atoms with Gasteiger partial charge in [-0.25, -0.2) is 10.2 Å². The molecule has 1 aromatic heterocycles. The second-order valence-electron chi connectivity index (χ2n) is 3.86. The topological polar surface area (TPSA) is 96.3 Å². The van der Waals surface area contributed by atoms with Crippen LogP contribution in [-0.2, 0) is 0 Å². The van der Waals surface area contributed by atoms with Crippen LogP contribution in [0, 0.1) is 6.92 Å². The third kappa shape index (κ3) is 3.72. The van der Waals surface area contributed by atoms with Crippen molar-refractivity contribution in [1.82, 2.24) is 16.0 Å². The fourth-order valence-corrected chi connectivity index (χ4v) is 1.47. The monoisotopic (exact) mass is 294 g/mol. The third-order valence-corrected chi connectivity index (χ3v) is 2.50. The lowest BCUT2D eigenvalue weighted by Gasteiger charge is -2.07. The Kier molecular flexibility index (Phi) is 4.21. The fraction of sp³-hybridized carbons (Fsp3) is 0.0833. The van der Waals surface area contributed by atoms with Crippen LogP contribution >= 0.6 is 11.6 Å². The van der Waals surface area contributed by atoms with Crippen LogP contribution in [0.5, 0.6) is 0 Å². The molecule has 3 amide bonds. The lowest BCUT2D eigenvalue weighted by molar-refractivity contribution is 0.0928. The van der Waals surface area contributed by atoms with Crippen LogP contribution in [0.15, 0.2) is 34.9 Å². The Morgan fingerprint density at radius 3 is 2.50 bits per heavy atom. The van der Waals surface area contributed by atoms with E-state index in [0.29, 0.717) is 16.5 Å². The van der Waals surface area contributed by atoms with Gasteiger partial charge in [-0.2, -0.15) is 0 Å². The molecule has 2 rings (SSSR count). The molecule has 0 saturated carbocycles. The molecule has 0 radical (unpaired) electrons. The standard InChI is InChI=1S/C12H11ClN4O3/c1-7-6-10(17-20-7)11(18)15-16-12(19)14-9-4-2-8(13)3-5-9/h2-6H,1H3,(H,15,18)(H2,14,16,19). The summed E-state index contributed by atoms with van der Waals surface area (Å²) < 4.78 is 4.75. The SMILES string of the molecule is Cc1cc(C(=O)NNC(=O)Nc2ccc(Cl)cc2)no1. The molecule has 3 N–H and O–H groups in total. The predicted molar refractivity (Wildman–Crippen MR) is 72.3 cm³/mol. The van der Waals surface area contributed by atoms with Gasteiger partial charge in [0.1, 0.15) is 5.76 Å². The molecule has 8 heteroatoms. The highest BCUT2D eigenvalue weighted by molar-refractivity contribution is 6.30. The number of aryl methyl sites for hydroxylation is 1. The van der Waals surface area contributed by atoms with Crippen molar-refractivity contribution in [2.45, 2.75) is 6.92 Å². The van der Waals surface area contributed by atoms with Crippen LogP contribution in [-0.4, -0.2) is 17.1 Å². The van der Waals surface area contributed by atoms with Crippen molar-refractivity contribution in [2.75, 3.05) is 5.32 Å². The summed E-state index contributed by atoms with van der Waals surface area (Å²) in [6.45, 7) is 1.66. The zero-order valence-electron chi connectivity index (χ0n) is 10.4. The Labute approximate surface area is 119 Å². The van der Waals surface area contributed by atoms with Crippen molar-refractivity contribution in [2.24, 2.45) is 0 Å². The van der Waals surface area contributed by atoms with Crippen LogP contribution in [0.3, 0.4) is 0 Å². The summed E-state index contributed by atoms with van der Waals surface area (Å²) >= 11 is 5.72. The van der Waals surface area contributed by atoms with Gasteiger partial charge in [0.25, 0.3) is 5.91 Å². The number of nitrogens with zero attached hydrogens (tertiary/aromatic N) is 1. The van der Waals surface area contributed by atoms with Crippen molar-refractivity contribution in [3.8, 4) is 0 Å². The van der Waals surface area contributed by atoms with Gasteiger partial charge in [-0.15, -0.1) is 0 Å². The first kappa shape index (κ1) is 13.9. The van der Waals surface area contributed by atoms with Gasteiger partial charge >= 0.3 is 6.03 Å². The smallest absolute Gasteiger partial charge is 0.337 e. The molecular formula is C12H11ClN4O3. The number of amides is 3. The van der Waals surface area contributed by atoms with Crippen LogP contribution in [0.1, 0.15) is 16.2 Å². The summed E-state index contributed by atoms with van der Waals surface area (Å²) in [6, 6.07) is 7.38. The molecule has 20 heavy (non-hydrogen) atoms. The van der Waals surface area contributed by atoms with E-state index in [0.717, 1.165) is 0 Å². The molecular weight excluding hydrogens is 284 g/mol. The second kappa shape index (κ2) is 6.07. The number of benzene rings is 1. The van der Waals surface area contributed by atoms with Gasteiger partial charge in [-0.3, -0.25) is 10.2 Å². The Hall–Kier alpha value is -2.54. The summed E-state index contributed by atoms with van der Waals surface area (Å²) in [7, 11) is 0. The number of anilines is 1. The summed E-state index contributed by atoms with van der Waals surface area (Å²) in [5.74, 6) is -0.0751. The van der Waals surface area contributed by atoms with E-state index < -0.39 is 11.9 Å². The van der Waals surface area contributed by atoms with E-state index in [4.69, 9.17) is 16.1 Å². The first-order chi connectivity index (χ1) is 9.54. The lowest BCUT2D eigenvalue weighted by atomic mass is 10.3. The van der Waals surface area contributed by atoms with E-state index in [1.807, 2.05) is 0 Å². The minimum atomic E-state index is -0.596. The normalized spacial score (nSPS) is 9.90. The van der Waals surface area contributed by atoms with Gasteiger partial charge in [0.15, 0.2) is 5.69 Å². The Morgan fingerprint density at radius 1 is 1.20 bits per heavy atom. The lowest BCUT2D eigenvalue weighted by Crippen LogP contribution is -2.44. The second-order valence-corrected chi connectivity index (χ2v) is 4.30.